The first-order valence-electron chi connectivity index (χ1n) is 4.79. The van der Waals surface area contributed by atoms with Crippen molar-refractivity contribution >= 4 is 23.6 Å². The van der Waals surface area contributed by atoms with Crippen LogP contribution in [0, 0.1) is 0 Å². The lowest BCUT2D eigenvalue weighted by molar-refractivity contribution is -0.124. The molecule has 2 rings (SSSR count). The molecule has 1 unspecified atom stereocenters. The van der Waals surface area contributed by atoms with E-state index in [1.807, 2.05) is 17.8 Å². The fourth-order valence-electron chi connectivity index (χ4n) is 1.90. The molecule has 4 heteroatoms. The van der Waals surface area contributed by atoms with E-state index >= 15 is 0 Å². The monoisotopic (exact) mass is 211 g/mol. The standard InChI is InChI=1S/C10H13NO2S/c1-10(3-2-4-14-10)6-7-5-8(12)11-9(7)13/h6H,2-5H2,1H3,(H,11,12,13)/b7-6-. The minimum atomic E-state index is -0.205. The number of amides is 2. The molecule has 2 fully saturated rings. The van der Waals surface area contributed by atoms with Crippen LogP contribution in [0.2, 0.25) is 0 Å². The van der Waals surface area contributed by atoms with Gasteiger partial charge in [0.2, 0.25) is 5.91 Å². The van der Waals surface area contributed by atoms with Crippen molar-refractivity contribution in [2.75, 3.05) is 5.75 Å². The number of nitrogens with one attached hydrogen (secondary N) is 1. The summed E-state index contributed by atoms with van der Waals surface area (Å²) in [5, 5.41) is 2.30. The molecule has 14 heavy (non-hydrogen) atoms. The van der Waals surface area contributed by atoms with Gasteiger partial charge in [-0.3, -0.25) is 14.9 Å². The van der Waals surface area contributed by atoms with E-state index in [0.717, 1.165) is 12.2 Å². The predicted octanol–water partition coefficient (Wildman–Crippen LogP) is 1.24. The highest BCUT2D eigenvalue weighted by Crippen LogP contribution is 2.40. The Morgan fingerprint density at radius 3 is 2.79 bits per heavy atom. The van der Waals surface area contributed by atoms with Crippen LogP contribution in [0.5, 0.6) is 0 Å². The third kappa shape index (κ3) is 1.85. The minimum absolute atomic E-state index is 0.0668. The molecule has 0 saturated carbocycles. The van der Waals surface area contributed by atoms with E-state index in [1.165, 1.54) is 6.42 Å². The Morgan fingerprint density at radius 1 is 1.50 bits per heavy atom. The largest absolute Gasteiger partial charge is 0.292 e. The number of rotatable bonds is 1. The summed E-state index contributed by atoms with van der Waals surface area (Å²) >= 11 is 1.87. The number of hydrogen-bond acceptors (Lipinski definition) is 3. The van der Waals surface area contributed by atoms with Crippen molar-refractivity contribution in [1.82, 2.24) is 5.32 Å². The summed E-state index contributed by atoms with van der Waals surface area (Å²) in [5.41, 5.74) is 0.645. The number of carbonyl (C=O) groups excluding carboxylic acids is 2. The van der Waals surface area contributed by atoms with E-state index in [2.05, 4.69) is 12.2 Å². The van der Waals surface area contributed by atoms with Gasteiger partial charge in [-0.15, -0.1) is 0 Å². The van der Waals surface area contributed by atoms with E-state index in [1.54, 1.807) is 0 Å². The summed E-state index contributed by atoms with van der Waals surface area (Å²) in [6.45, 7) is 2.13. The number of thioether (sulfide) groups is 1. The van der Waals surface area contributed by atoms with Crippen molar-refractivity contribution in [2.45, 2.75) is 30.9 Å². The molecule has 2 heterocycles. The lowest BCUT2D eigenvalue weighted by Crippen LogP contribution is -2.20. The SMILES string of the molecule is CC1(/C=C2/CC(=O)NC2=O)CCCS1. The van der Waals surface area contributed by atoms with Crippen LogP contribution in [0.3, 0.4) is 0 Å². The molecule has 0 radical (unpaired) electrons. The number of imide groups is 1. The smallest absolute Gasteiger partial charge is 0.254 e. The molecule has 1 N–H and O–H groups in total. The second-order valence-corrected chi connectivity index (χ2v) is 5.62. The maximum atomic E-state index is 11.3. The zero-order chi connectivity index (χ0) is 10.2. The Bertz CT molecular complexity index is 316. The molecule has 0 aromatic rings. The quantitative estimate of drug-likeness (QED) is 0.524. The number of carbonyl (C=O) groups is 2. The molecule has 0 aromatic heterocycles. The molecule has 0 aliphatic carbocycles. The first-order chi connectivity index (χ1) is 6.59. The Kier molecular flexibility index (Phi) is 2.39. The van der Waals surface area contributed by atoms with E-state index < -0.39 is 0 Å². The molecule has 0 aromatic carbocycles. The van der Waals surface area contributed by atoms with Gasteiger partial charge in [-0.2, -0.15) is 11.8 Å². The van der Waals surface area contributed by atoms with E-state index in [0.29, 0.717) is 5.57 Å². The van der Waals surface area contributed by atoms with E-state index in [4.69, 9.17) is 0 Å². The van der Waals surface area contributed by atoms with Gasteiger partial charge in [-0.05, 0) is 25.5 Å². The second kappa shape index (κ2) is 3.42. The van der Waals surface area contributed by atoms with Crippen LogP contribution in [0.25, 0.3) is 0 Å². The fraction of sp³-hybridized carbons (Fsp3) is 0.600. The third-order valence-corrected chi connectivity index (χ3v) is 4.10. The molecular weight excluding hydrogens is 198 g/mol. The van der Waals surface area contributed by atoms with Crippen LogP contribution in [-0.4, -0.2) is 22.3 Å². The molecule has 2 amide bonds. The van der Waals surface area contributed by atoms with Gasteiger partial charge in [-0.1, -0.05) is 6.08 Å². The minimum Gasteiger partial charge on any atom is -0.292 e. The zero-order valence-corrected chi connectivity index (χ0v) is 8.95. The summed E-state index contributed by atoms with van der Waals surface area (Å²) < 4.78 is 0.0668. The second-order valence-electron chi connectivity index (χ2n) is 3.99. The fourth-order valence-corrected chi connectivity index (χ4v) is 3.17. The Hall–Kier alpha value is -0.770. The molecule has 76 valence electrons. The summed E-state index contributed by atoms with van der Waals surface area (Å²) in [6.07, 6.45) is 4.53. The van der Waals surface area contributed by atoms with E-state index in [9.17, 15) is 9.59 Å². The van der Waals surface area contributed by atoms with Gasteiger partial charge in [0.15, 0.2) is 0 Å². The van der Waals surface area contributed by atoms with Crippen molar-refractivity contribution in [2.24, 2.45) is 0 Å². The average Bonchev–Trinajstić information content (AvgIpc) is 2.61. The highest BCUT2D eigenvalue weighted by Gasteiger charge is 2.31. The van der Waals surface area contributed by atoms with Crippen LogP contribution in [0.4, 0.5) is 0 Å². The van der Waals surface area contributed by atoms with Crippen molar-refractivity contribution in [1.29, 1.82) is 0 Å². The lowest BCUT2D eigenvalue weighted by atomic mass is 10.0. The summed E-state index contributed by atoms with van der Waals surface area (Å²) in [7, 11) is 0. The molecule has 3 nitrogen and oxygen atoms in total. The van der Waals surface area contributed by atoms with Crippen molar-refractivity contribution in [3.8, 4) is 0 Å². The molecule has 2 saturated heterocycles. The van der Waals surface area contributed by atoms with Gasteiger partial charge in [0, 0.05) is 10.3 Å². The topological polar surface area (TPSA) is 46.2 Å². The molecule has 0 bridgehead atoms. The molecule has 2 aliphatic heterocycles. The predicted molar refractivity (Wildman–Crippen MR) is 55.9 cm³/mol. The first kappa shape index (κ1) is 9.77. The maximum absolute atomic E-state index is 11.3. The first-order valence-corrected chi connectivity index (χ1v) is 5.77. The van der Waals surface area contributed by atoms with Gasteiger partial charge < -0.3 is 0 Å². The average molecular weight is 211 g/mol. The Balaban J connectivity index is 2.17. The van der Waals surface area contributed by atoms with Crippen LogP contribution in [-0.2, 0) is 9.59 Å². The summed E-state index contributed by atoms with van der Waals surface area (Å²) in [4.78, 5) is 22.3. The van der Waals surface area contributed by atoms with E-state index in [-0.39, 0.29) is 23.0 Å². The maximum Gasteiger partial charge on any atom is 0.254 e. The van der Waals surface area contributed by atoms with Crippen LogP contribution in [0.15, 0.2) is 11.6 Å². The lowest BCUT2D eigenvalue weighted by Gasteiger charge is -2.17. The Labute approximate surface area is 87.3 Å². The van der Waals surface area contributed by atoms with Gasteiger partial charge in [0.05, 0.1) is 6.42 Å². The van der Waals surface area contributed by atoms with Crippen LogP contribution < -0.4 is 5.32 Å². The van der Waals surface area contributed by atoms with Gasteiger partial charge in [0.25, 0.3) is 5.91 Å². The zero-order valence-electron chi connectivity index (χ0n) is 8.13. The third-order valence-electron chi connectivity index (χ3n) is 2.62. The van der Waals surface area contributed by atoms with Crippen LogP contribution in [0.1, 0.15) is 26.2 Å². The van der Waals surface area contributed by atoms with Crippen molar-refractivity contribution in [3.05, 3.63) is 11.6 Å². The molecule has 1 atom stereocenters. The highest BCUT2D eigenvalue weighted by atomic mass is 32.2. The van der Waals surface area contributed by atoms with Crippen molar-refractivity contribution in [3.63, 3.8) is 0 Å². The molecular formula is C10H13NO2S. The van der Waals surface area contributed by atoms with Gasteiger partial charge >= 0.3 is 0 Å². The molecule has 0 spiro atoms. The van der Waals surface area contributed by atoms with Crippen molar-refractivity contribution < 1.29 is 9.59 Å². The molecule has 2 aliphatic rings. The van der Waals surface area contributed by atoms with Gasteiger partial charge in [0.1, 0.15) is 0 Å². The summed E-state index contributed by atoms with van der Waals surface area (Å²) in [6, 6.07) is 0. The highest BCUT2D eigenvalue weighted by molar-refractivity contribution is 8.01. The normalized spacial score (nSPS) is 35.4. The van der Waals surface area contributed by atoms with Crippen LogP contribution >= 0.6 is 11.8 Å². The number of hydrogen-bond donors (Lipinski definition) is 1. The Morgan fingerprint density at radius 2 is 2.29 bits per heavy atom. The van der Waals surface area contributed by atoms with Gasteiger partial charge in [-0.25, -0.2) is 0 Å². The summed E-state index contributed by atoms with van der Waals surface area (Å²) in [5.74, 6) is 0.770.